The summed E-state index contributed by atoms with van der Waals surface area (Å²) in [5, 5.41) is 3.13. The van der Waals surface area contributed by atoms with Crippen LogP contribution in [0.4, 0.5) is 0 Å². The van der Waals surface area contributed by atoms with E-state index in [1.165, 1.54) is 0 Å². The number of fused-ring (bicyclic) bond motifs is 1. The molecular formula is C17H21N3O2. The fraction of sp³-hybridized carbons (Fsp3) is 0.412. The molecule has 116 valence electrons. The van der Waals surface area contributed by atoms with Gasteiger partial charge in [-0.15, -0.1) is 0 Å². The monoisotopic (exact) mass is 299 g/mol. The second-order valence-corrected chi connectivity index (χ2v) is 5.81. The second-order valence-electron chi connectivity index (χ2n) is 5.81. The average Bonchev–Trinajstić information content (AvgIpc) is 3.02. The topological polar surface area (TPSA) is 56.1 Å². The van der Waals surface area contributed by atoms with Gasteiger partial charge in [-0.05, 0) is 18.9 Å². The predicted molar refractivity (Wildman–Crippen MR) is 83.3 cm³/mol. The summed E-state index contributed by atoms with van der Waals surface area (Å²) in [6, 6.07) is 9.69. The normalized spacial score (nSPS) is 20.0. The van der Waals surface area contributed by atoms with Crippen LogP contribution in [-0.4, -0.2) is 28.6 Å². The fourth-order valence-corrected chi connectivity index (χ4v) is 2.91. The van der Waals surface area contributed by atoms with Crippen LogP contribution < -0.4 is 5.32 Å². The lowest BCUT2D eigenvalue weighted by atomic mass is 9.94. The number of aromatic nitrogens is 2. The van der Waals surface area contributed by atoms with Gasteiger partial charge < -0.3 is 14.6 Å². The standard InChI is InChI=1S/C17H21N3O2/c1-17(22-2,13-6-4-3-5-7-13)16(21)19-14-8-9-15-18-10-11-20(15)12-14/h3-7,10-11,14H,8-9,12H2,1-2H3,(H,19,21)/t14-,17+/m1/s1. The molecular weight excluding hydrogens is 278 g/mol. The summed E-state index contributed by atoms with van der Waals surface area (Å²) < 4.78 is 7.65. The number of methoxy groups -OCH3 is 1. The molecule has 1 aromatic carbocycles. The van der Waals surface area contributed by atoms with Crippen molar-refractivity contribution in [2.75, 3.05) is 7.11 Å². The molecule has 1 N–H and O–H groups in total. The number of hydrogen-bond acceptors (Lipinski definition) is 3. The number of carbonyl (C=O) groups excluding carboxylic acids is 1. The van der Waals surface area contributed by atoms with E-state index in [0.29, 0.717) is 0 Å². The van der Waals surface area contributed by atoms with Gasteiger partial charge in [0.25, 0.3) is 5.91 Å². The molecule has 1 aromatic heterocycles. The van der Waals surface area contributed by atoms with Gasteiger partial charge in [0.05, 0.1) is 0 Å². The first-order valence-electron chi connectivity index (χ1n) is 7.55. The third kappa shape index (κ3) is 2.64. The van der Waals surface area contributed by atoms with Gasteiger partial charge in [0.2, 0.25) is 0 Å². The van der Waals surface area contributed by atoms with Crippen molar-refractivity contribution in [1.29, 1.82) is 0 Å². The van der Waals surface area contributed by atoms with E-state index in [0.717, 1.165) is 30.8 Å². The van der Waals surface area contributed by atoms with E-state index < -0.39 is 5.60 Å². The van der Waals surface area contributed by atoms with Crippen LogP contribution in [0.5, 0.6) is 0 Å². The van der Waals surface area contributed by atoms with Crippen LogP contribution in [0.1, 0.15) is 24.7 Å². The summed E-state index contributed by atoms with van der Waals surface area (Å²) in [6.45, 7) is 2.57. The number of hydrogen-bond donors (Lipinski definition) is 1. The molecule has 2 aromatic rings. The highest BCUT2D eigenvalue weighted by molar-refractivity contribution is 5.86. The molecule has 5 heteroatoms. The highest BCUT2D eigenvalue weighted by atomic mass is 16.5. The molecule has 5 nitrogen and oxygen atoms in total. The van der Waals surface area contributed by atoms with E-state index in [1.54, 1.807) is 7.11 Å². The van der Waals surface area contributed by atoms with E-state index in [2.05, 4.69) is 14.9 Å². The lowest BCUT2D eigenvalue weighted by Gasteiger charge is -2.31. The zero-order chi connectivity index (χ0) is 15.6. The number of amides is 1. The molecule has 3 rings (SSSR count). The molecule has 1 aliphatic heterocycles. The van der Waals surface area contributed by atoms with Gasteiger partial charge in [-0.3, -0.25) is 4.79 Å². The van der Waals surface area contributed by atoms with Crippen molar-refractivity contribution in [3.8, 4) is 0 Å². The molecule has 0 aliphatic carbocycles. The maximum absolute atomic E-state index is 12.8. The van der Waals surface area contributed by atoms with Gasteiger partial charge in [0.15, 0.2) is 5.60 Å². The Morgan fingerprint density at radius 2 is 2.18 bits per heavy atom. The number of nitrogens with one attached hydrogen (secondary N) is 1. The Kier molecular flexibility index (Phi) is 3.98. The first kappa shape index (κ1) is 14.8. The highest BCUT2D eigenvalue weighted by Gasteiger charge is 2.36. The number of carbonyl (C=O) groups is 1. The maximum Gasteiger partial charge on any atom is 0.256 e. The number of benzene rings is 1. The number of imidazole rings is 1. The molecule has 2 atom stereocenters. The molecule has 0 fully saturated rings. The number of rotatable bonds is 4. The van der Waals surface area contributed by atoms with Crippen LogP contribution in [0.25, 0.3) is 0 Å². The van der Waals surface area contributed by atoms with Crippen LogP contribution >= 0.6 is 0 Å². The Balaban J connectivity index is 1.73. The van der Waals surface area contributed by atoms with Crippen LogP contribution in [0.3, 0.4) is 0 Å². The molecule has 0 spiro atoms. The average molecular weight is 299 g/mol. The summed E-state index contributed by atoms with van der Waals surface area (Å²) >= 11 is 0. The zero-order valence-corrected chi connectivity index (χ0v) is 13.0. The SMILES string of the molecule is CO[C@](C)(C(=O)N[C@@H]1CCc2nccn2C1)c1ccccc1. The summed E-state index contributed by atoms with van der Waals surface area (Å²) in [6.07, 6.45) is 5.55. The Morgan fingerprint density at radius 3 is 2.91 bits per heavy atom. The molecule has 2 heterocycles. The number of ether oxygens (including phenoxy) is 1. The summed E-state index contributed by atoms with van der Waals surface area (Å²) in [7, 11) is 1.57. The summed E-state index contributed by atoms with van der Waals surface area (Å²) in [5.41, 5.74) is -0.120. The largest absolute Gasteiger partial charge is 0.364 e. The van der Waals surface area contributed by atoms with Crippen molar-refractivity contribution >= 4 is 5.91 Å². The van der Waals surface area contributed by atoms with E-state index in [-0.39, 0.29) is 11.9 Å². The predicted octanol–water partition coefficient (Wildman–Crippen LogP) is 1.88. The minimum absolute atomic E-state index is 0.102. The smallest absolute Gasteiger partial charge is 0.256 e. The van der Waals surface area contributed by atoms with Crippen molar-refractivity contribution < 1.29 is 9.53 Å². The van der Waals surface area contributed by atoms with Crippen LogP contribution in [0.2, 0.25) is 0 Å². The molecule has 0 unspecified atom stereocenters. The third-order valence-corrected chi connectivity index (χ3v) is 4.44. The van der Waals surface area contributed by atoms with Gasteiger partial charge in [-0.1, -0.05) is 30.3 Å². The van der Waals surface area contributed by atoms with Crippen LogP contribution in [0.15, 0.2) is 42.7 Å². The molecule has 22 heavy (non-hydrogen) atoms. The molecule has 1 amide bonds. The van der Waals surface area contributed by atoms with E-state index >= 15 is 0 Å². The van der Waals surface area contributed by atoms with E-state index in [4.69, 9.17) is 4.74 Å². The van der Waals surface area contributed by atoms with Crippen LogP contribution in [0, 0.1) is 0 Å². The van der Waals surface area contributed by atoms with Crippen molar-refractivity contribution in [3.05, 3.63) is 54.1 Å². The Hall–Kier alpha value is -2.14. The van der Waals surface area contributed by atoms with Gasteiger partial charge in [-0.2, -0.15) is 0 Å². The lowest BCUT2D eigenvalue weighted by Crippen LogP contribution is -2.50. The van der Waals surface area contributed by atoms with Gasteiger partial charge in [0.1, 0.15) is 5.82 Å². The molecule has 0 radical (unpaired) electrons. The molecule has 0 bridgehead atoms. The first-order valence-corrected chi connectivity index (χ1v) is 7.55. The minimum atomic E-state index is -0.976. The van der Waals surface area contributed by atoms with Crippen molar-refractivity contribution in [1.82, 2.24) is 14.9 Å². The Bertz CT molecular complexity index is 653. The Morgan fingerprint density at radius 1 is 1.41 bits per heavy atom. The van der Waals surface area contributed by atoms with Gasteiger partial charge in [-0.25, -0.2) is 4.98 Å². The highest BCUT2D eigenvalue weighted by Crippen LogP contribution is 2.25. The maximum atomic E-state index is 12.8. The van der Waals surface area contributed by atoms with E-state index in [9.17, 15) is 4.79 Å². The fourth-order valence-electron chi connectivity index (χ4n) is 2.91. The second kappa shape index (κ2) is 5.93. The zero-order valence-electron chi connectivity index (χ0n) is 13.0. The Labute approximate surface area is 130 Å². The van der Waals surface area contributed by atoms with Crippen molar-refractivity contribution in [3.63, 3.8) is 0 Å². The van der Waals surface area contributed by atoms with Crippen molar-refractivity contribution in [2.24, 2.45) is 0 Å². The lowest BCUT2D eigenvalue weighted by molar-refractivity contribution is -0.143. The number of aryl methyl sites for hydroxylation is 1. The number of nitrogens with zero attached hydrogens (tertiary/aromatic N) is 2. The quantitative estimate of drug-likeness (QED) is 0.938. The molecule has 0 saturated heterocycles. The third-order valence-electron chi connectivity index (χ3n) is 4.44. The van der Waals surface area contributed by atoms with Gasteiger partial charge >= 0.3 is 0 Å². The summed E-state index contributed by atoms with van der Waals surface area (Å²) in [4.78, 5) is 17.1. The molecule has 0 saturated carbocycles. The first-order chi connectivity index (χ1) is 10.6. The van der Waals surface area contributed by atoms with Gasteiger partial charge in [0, 0.05) is 38.5 Å². The summed E-state index contributed by atoms with van der Waals surface area (Å²) in [5.74, 6) is 0.984. The van der Waals surface area contributed by atoms with Crippen LogP contribution in [-0.2, 0) is 28.1 Å². The van der Waals surface area contributed by atoms with E-state index in [1.807, 2.05) is 49.6 Å². The molecule has 1 aliphatic rings. The van der Waals surface area contributed by atoms with Crippen molar-refractivity contribution in [2.45, 2.75) is 38.0 Å². The minimum Gasteiger partial charge on any atom is -0.364 e.